The van der Waals surface area contributed by atoms with Crippen LogP contribution in [0.15, 0.2) is 29.2 Å². The van der Waals surface area contributed by atoms with Crippen molar-refractivity contribution < 1.29 is 13.2 Å². The summed E-state index contributed by atoms with van der Waals surface area (Å²) in [7, 11) is -1.94. The van der Waals surface area contributed by atoms with Crippen molar-refractivity contribution >= 4 is 10.0 Å². The number of rotatable bonds is 6. The van der Waals surface area contributed by atoms with Gasteiger partial charge in [-0.05, 0) is 26.3 Å². The van der Waals surface area contributed by atoms with Crippen molar-refractivity contribution in [2.24, 2.45) is 7.05 Å². The average Bonchev–Trinajstić information content (AvgIpc) is 2.88. The van der Waals surface area contributed by atoms with E-state index in [-0.39, 0.29) is 10.9 Å². The number of nitrogens with one attached hydrogen (secondary N) is 1. The SMILES string of the molecule is Cc1ccc([C@H](CN2CCOCC2)NS(=O)(=O)c2c(C)nn(C)c2C)cc1. The van der Waals surface area contributed by atoms with Crippen LogP contribution in [0.1, 0.15) is 28.6 Å². The molecule has 1 aromatic heterocycles. The highest BCUT2D eigenvalue weighted by Gasteiger charge is 2.28. The lowest BCUT2D eigenvalue weighted by atomic mass is 10.1. The maximum absolute atomic E-state index is 13.2. The van der Waals surface area contributed by atoms with Gasteiger partial charge in [0.15, 0.2) is 0 Å². The van der Waals surface area contributed by atoms with Gasteiger partial charge in [-0.1, -0.05) is 29.8 Å². The molecule has 0 unspecified atom stereocenters. The van der Waals surface area contributed by atoms with Gasteiger partial charge in [0.05, 0.1) is 30.6 Å². The summed E-state index contributed by atoms with van der Waals surface area (Å²) < 4.78 is 36.3. The van der Waals surface area contributed by atoms with Crippen LogP contribution in [-0.4, -0.2) is 55.9 Å². The number of aryl methyl sites for hydroxylation is 3. The van der Waals surface area contributed by atoms with E-state index >= 15 is 0 Å². The zero-order chi connectivity index (χ0) is 19.6. The molecule has 7 nitrogen and oxygen atoms in total. The van der Waals surface area contributed by atoms with Crippen molar-refractivity contribution in [2.45, 2.75) is 31.7 Å². The topological polar surface area (TPSA) is 76.5 Å². The Balaban J connectivity index is 1.90. The number of benzene rings is 1. The largest absolute Gasteiger partial charge is 0.379 e. The zero-order valence-electron chi connectivity index (χ0n) is 16.4. The molecule has 1 aliphatic heterocycles. The number of nitrogens with zero attached hydrogens (tertiary/aromatic N) is 3. The molecule has 1 saturated heterocycles. The van der Waals surface area contributed by atoms with Crippen LogP contribution in [0, 0.1) is 20.8 Å². The van der Waals surface area contributed by atoms with E-state index in [0.29, 0.717) is 31.1 Å². The van der Waals surface area contributed by atoms with Gasteiger partial charge in [0.25, 0.3) is 0 Å². The van der Waals surface area contributed by atoms with E-state index < -0.39 is 10.0 Å². The second-order valence-corrected chi connectivity index (χ2v) is 8.77. The predicted octanol–water partition coefficient (Wildman–Crippen LogP) is 1.70. The summed E-state index contributed by atoms with van der Waals surface area (Å²) in [5.41, 5.74) is 3.24. The Kier molecular flexibility index (Phi) is 6.00. The van der Waals surface area contributed by atoms with E-state index in [1.165, 1.54) is 0 Å². The first kappa shape index (κ1) is 20.0. The molecule has 0 aliphatic carbocycles. The molecule has 2 aromatic rings. The molecule has 1 atom stereocenters. The predicted molar refractivity (Wildman–Crippen MR) is 104 cm³/mol. The lowest BCUT2D eigenvalue weighted by Gasteiger charge is -2.31. The second-order valence-electron chi connectivity index (χ2n) is 7.12. The Morgan fingerprint density at radius 1 is 1.15 bits per heavy atom. The molecule has 148 valence electrons. The fraction of sp³-hybridized carbons (Fsp3) is 0.526. The summed E-state index contributed by atoms with van der Waals surface area (Å²) >= 11 is 0. The molecule has 1 aromatic carbocycles. The number of ether oxygens (including phenoxy) is 1. The number of hydrogen-bond acceptors (Lipinski definition) is 5. The third kappa shape index (κ3) is 4.57. The molecule has 0 radical (unpaired) electrons. The van der Waals surface area contributed by atoms with Gasteiger partial charge in [0.1, 0.15) is 4.90 Å². The molecule has 1 fully saturated rings. The van der Waals surface area contributed by atoms with Gasteiger partial charge >= 0.3 is 0 Å². The van der Waals surface area contributed by atoms with Crippen LogP contribution in [0.5, 0.6) is 0 Å². The summed E-state index contributed by atoms with van der Waals surface area (Å²) in [5.74, 6) is 0. The third-order valence-corrected chi connectivity index (χ3v) is 6.76. The Labute approximate surface area is 161 Å². The fourth-order valence-corrected chi connectivity index (χ4v) is 5.09. The highest BCUT2D eigenvalue weighted by Crippen LogP contribution is 2.23. The van der Waals surface area contributed by atoms with E-state index in [0.717, 1.165) is 24.2 Å². The van der Waals surface area contributed by atoms with Crippen LogP contribution in [0.3, 0.4) is 0 Å². The van der Waals surface area contributed by atoms with Crippen molar-refractivity contribution in [3.8, 4) is 0 Å². The monoisotopic (exact) mass is 392 g/mol. The molecule has 1 N–H and O–H groups in total. The van der Waals surface area contributed by atoms with Gasteiger partial charge in [0.2, 0.25) is 10.0 Å². The van der Waals surface area contributed by atoms with Crippen molar-refractivity contribution in [2.75, 3.05) is 32.8 Å². The number of hydrogen-bond donors (Lipinski definition) is 1. The number of sulfonamides is 1. The van der Waals surface area contributed by atoms with E-state index in [4.69, 9.17) is 4.74 Å². The lowest BCUT2D eigenvalue weighted by molar-refractivity contribution is 0.0345. The molecule has 0 saturated carbocycles. The summed E-state index contributed by atoms with van der Waals surface area (Å²) in [6, 6.07) is 7.66. The van der Waals surface area contributed by atoms with Crippen LogP contribution < -0.4 is 4.72 Å². The van der Waals surface area contributed by atoms with Crippen molar-refractivity contribution in [1.29, 1.82) is 0 Å². The Hall–Kier alpha value is -1.74. The molecule has 0 bridgehead atoms. The summed E-state index contributed by atoms with van der Waals surface area (Å²) in [5, 5.41) is 4.25. The second kappa shape index (κ2) is 8.10. The zero-order valence-corrected chi connectivity index (χ0v) is 17.2. The number of morpholine rings is 1. The van der Waals surface area contributed by atoms with E-state index in [1.807, 2.05) is 31.2 Å². The minimum Gasteiger partial charge on any atom is -0.379 e. The van der Waals surface area contributed by atoms with Gasteiger partial charge in [-0.25, -0.2) is 13.1 Å². The molecular formula is C19H28N4O3S. The highest BCUT2D eigenvalue weighted by molar-refractivity contribution is 7.89. The third-order valence-electron chi connectivity index (χ3n) is 5.03. The van der Waals surface area contributed by atoms with Crippen molar-refractivity contribution in [1.82, 2.24) is 19.4 Å². The highest BCUT2D eigenvalue weighted by atomic mass is 32.2. The lowest BCUT2D eigenvalue weighted by Crippen LogP contribution is -2.43. The van der Waals surface area contributed by atoms with Crippen LogP contribution in [-0.2, 0) is 21.8 Å². The molecule has 27 heavy (non-hydrogen) atoms. The van der Waals surface area contributed by atoms with Gasteiger partial charge in [-0.2, -0.15) is 5.10 Å². The first-order chi connectivity index (χ1) is 12.8. The molecular weight excluding hydrogens is 364 g/mol. The molecule has 8 heteroatoms. The Bertz CT molecular complexity index is 884. The van der Waals surface area contributed by atoms with Crippen molar-refractivity contribution in [3.63, 3.8) is 0 Å². The standard InChI is InChI=1S/C19H28N4O3S/c1-14-5-7-17(8-6-14)18(13-23-9-11-26-12-10-23)21-27(24,25)19-15(2)20-22(4)16(19)3/h5-8,18,21H,9-13H2,1-4H3/t18-/m0/s1. The van der Waals surface area contributed by atoms with Crippen LogP contribution in [0.2, 0.25) is 0 Å². The van der Waals surface area contributed by atoms with Gasteiger partial charge in [-0.3, -0.25) is 9.58 Å². The van der Waals surface area contributed by atoms with Crippen molar-refractivity contribution in [3.05, 3.63) is 46.8 Å². The Morgan fingerprint density at radius 2 is 1.78 bits per heavy atom. The van der Waals surface area contributed by atoms with Crippen LogP contribution in [0.4, 0.5) is 0 Å². The Morgan fingerprint density at radius 3 is 2.33 bits per heavy atom. The minimum atomic E-state index is -3.70. The molecule has 0 amide bonds. The fourth-order valence-electron chi connectivity index (χ4n) is 3.44. The number of aromatic nitrogens is 2. The first-order valence-electron chi connectivity index (χ1n) is 9.17. The summed E-state index contributed by atoms with van der Waals surface area (Å²) in [6.07, 6.45) is 0. The minimum absolute atomic E-state index is 0.268. The van der Waals surface area contributed by atoms with Crippen LogP contribution >= 0.6 is 0 Å². The quantitative estimate of drug-likeness (QED) is 0.810. The molecule has 1 aliphatic rings. The first-order valence-corrected chi connectivity index (χ1v) is 10.7. The molecule has 0 spiro atoms. The van der Waals surface area contributed by atoms with E-state index in [9.17, 15) is 8.42 Å². The smallest absolute Gasteiger partial charge is 0.244 e. The van der Waals surface area contributed by atoms with E-state index in [1.54, 1.807) is 25.6 Å². The molecule has 2 heterocycles. The summed E-state index contributed by atoms with van der Waals surface area (Å²) in [4.78, 5) is 2.50. The van der Waals surface area contributed by atoms with Gasteiger partial charge < -0.3 is 4.74 Å². The van der Waals surface area contributed by atoms with E-state index in [2.05, 4.69) is 14.7 Å². The summed E-state index contributed by atoms with van der Waals surface area (Å²) in [6.45, 7) is 9.07. The van der Waals surface area contributed by atoms with Gasteiger partial charge in [0, 0.05) is 26.7 Å². The maximum atomic E-state index is 13.2. The maximum Gasteiger partial charge on any atom is 0.244 e. The van der Waals surface area contributed by atoms with Gasteiger partial charge in [-0.15, -0.1) is 0 Å². The molecule has 3 rings (SSSR count). The average molecular weight is 393 g/mol. The van der Waals surface area contributed by atoms with Crippen LogP contribution in [0.25, 0.3) is 0 Å². The normalized spacial score (nSPS) is 17.2.